The van der Waals surface area contributed by atoms with Crippen LogP contribution >= 0.6 is 0 Å². The summed E-state index contributed by atoms with van der Waals surface area (Å²) in [6.07, 6.45) is 10.0. The molecular weight excluding hydrogens is 400 g/mol. The zero-order valence-corrected chi connectivity index (χ0v) is 18.4. The summed E-state index contributed by atoms with van der Waals surface area (Å²) in [4.78, 5) is 16.5. The van der Waals surface area contributed by atoms with Crippen molar-refractivity contribution in [3.05, 3.63) is 42.9 Å². The highest BCUT2D eigenvalue weighted by Crippen LogP contribution is 2.42. The fraction of sp³-hybridized carbons (Fsp3) is 0.458. The van der Waals surface area contributed by atoms with E-state index in [1.807, 2.05) is 18.5 Å². The molecule has 3 N–H and O–H groups in total. The average molecular weight is 431 g/mol. The van der Waals surface area contributed by atoms with Crippen LogP contribution < -0.4 is 20.9 Å². The standard InChI is InChI=1S/C24H30N8/c1-17-20-13-18-14-27-23(29-21-6-5-19(15-26-21)31-11-9-25-10-12-31)30-22(18)32(20)24(16-28-17)7-3-2-4-8-24/h5-6,13-15,25,28H,1-4,7-12,16H2,(H,26,27,29,30). The SMILES string of the molecule is C=C1NCC2(CCCCC2)n2c1cc1cnc(Nc3ccc(N4CCNCC4)cn3)nc12. The van der Waals surface area contributed by atoms with Gasteiger partial charge in [0, 0.05) is 44.3 Å². The van der Waals surface area contributed by atoms with E-state index in [9.17, 15) is 0 Å². The Morgan fingerprint density at radius 1 is 1.03 bits per heavy atom. The van der Waals surface area contributed by atoms with Crippen molar-refractivity contribution in [1.82, 2.24) is 30.2 Å². The predicted molar refractivity (Wildman–Crippen MR) is 128 cm³/mol. The lowest BCUT2D eigenvalue weighted by molar-refractivity contribution is 0.189. The molecule has 0 bridgehead atoms. The van der Waals surface area contributed by atoms with Crippen molar-refractivity contribution < 1.29 is 0 Å². The molecule has 1 spiro atoms. The van der Waals surface area contributed by atoms with E-state index < -0.39 is 0 Å². The molecule has 3 aromatic rings. The molecule has 3 aromatic heterocycles. The number of fused-ring (bicyclic) bond motifs is 4. The number of aromatic nitrogens is 4. The molecule has 0 radical (unpaired) electrons. The minimum absolute atomic E-state index is 0.0747. The Morgan fingerprint density at radius 2 is 1.88 bits per heavy atom. The van der Waals surface area contributed by atoms with Gasteiger partial charge in [-0.25, -0.2) is 9.97 Å². The summed E-state index contributed by atoms with van der Waals surface area (Å²) >= 11 is 0. The van der Waals surface area contributed by atoms with Crippen molar-refractivity contribution in [2.24, 2.45) is 0 Å². The molecule has 0 amide bonds. The fourth-order valence-corrected chi connectivity index (χ4v) is 5.49. The molecular formula is C24H30N8. The molecule has 166 valence electrons. The molecule has 1 saturated carbocycles. The highest BCUT2D eigenvalue weighted by molar-refractivity contribution is 5.84. The summed E-state index contributed by atoms with van der Waals surface area (Å²) in [5, 5.41) is 11.3. The third-order valence-corrected chi connectivity index (χ3v) is 7.21. The Balaban J connectivity index is 1.31. The van der Waals surface area contributed by atoms with E-state index >= 15 is 0 Å². The van der Waals surface area contributed by atoms with E-state index in [-0.39, 0.29) is 5.54 Å². The normalized spacial score (nSPS) is 20.2. The fourth-order valence-electron chi connectivity index (χ4n) is 5.49. The van der Waals surface area contributed by atoms with Crippen LogP contribution in [0.5, 0.6) is 0 Å². The Labute approximate surface area is 188 Å². The maximum atomic E-state index is 4.95. The molecule has 0 aromatic carbocycles. The Bertz CT molecular complexity index is 1140. The number of hydrogen-bond acceptors (Lipinski definition) is 7. The van der Waals surface area contributed by atoms with Crippen LogP contribution in [0.4, 0.5) is 17.5 Å². The van der Waals surface area contributed by atoms with Crippen LogP contribution in [-0.2, 0) is 5.54 Å². The van der Waals surface area contributed by atoms with Crippen molar-refractivity contribution >= 4 is 34.2 Å². The Morgan fingerprint density at radius 3 is 2.66 bits per heavy atom. The second-order valence-electron chi connectivity index (χ2n) is 9.22. The van der Waals surface area contributed by atoms with Crippen LogP contribution in [0.1, 0.15) is 37.8 Å². The predicted octanol–water partition coefficient (Wildman–Crippen LogP) is 3.21. The van der Waals surface area contributed by atoms with Gasteiger partial charge < -0.3 is 25.4 Å². The lowest BCUT2D eigenvalue weighted by Gasteiger charge is -2.44. The zero-order valence-electron chi connectivity index (χ0n) is 18.4. The summed E-state index contributed by atoms with van der Waals surface area (Å²) in [5.74, 6) is 1.34. The van der Waals surface area contributed by atoms with Crippen LogP contribution in [0.3, 0.4) is 0 Å². The largest absolute Gasteiger partial charge is 0.381 e. The monoisotopic (exact) mass is 430 g/mol. The summed E-state index contributed by atoms with van der Waals surface area (Å²) < 4.78 is 2.44. The molecule has 8 heteroatoms. The minimum Gasteiger partial charge on any atom is -0.381 e. The molecule has 1 aliphatic carbocycles. The zero-order chi connectivity index (χ0) is 21.5. The first-order valence-corrected chi connectivity index (χ1v) is 11.7. The van der Waals surface area contributed by atoms with E-state index in [0.717, 1.165) is 66.7 Å². The van der Waals surface area contributed by atoms with Crippen molar-refractivity contribution in [1.29, 1.82) is 0 Å². The van der Waals surface area contributed by atoms with Crippen molar-refractivity contribution in [2.75, 3.05) is 42.9 Å². The van der Waals surface area contributed by atoms with Crippen LogP contribution in [0.2, 0.25) is 0 Å². The summed E-state index contributed by atoms with van der Waals surface area (Å²) in [5.41, 5.74) is 4.32. The summed E-state index contributed by atoms with van der Waals surface area (Å²) in [6.45, 7) is 9.22. The van der Waals surface area contributed by atoms with Gasteiger partial charge in [0.1, 0.15) is 11.5 Å². The number of nitrogens with zero attached hydrogens (tertiary/aromatic N) is 5. The van der Waals surface area contributed by atoms with Gasteiger partial charge in [0.05, 0.1) is 28.8 Å². The topological polar surface area (TPSA) is 82.9 Å². The molecule has 5 heterocycles. The lowest BCUT2D eigenvalue weighted by Crippen LogP contribution is -2.48. The second-order valence-corrected chi connectivity index (χ2v) is 9.22. The van der Waals surface area contributed by atoms with Crippen molar-refractivity contribution in [2.45, 2.75) is 37.6 Å². The maximum absolute atomic E-state index is 4.95. The van der Waals surface area contributed by atoms with Crippen LogP contribution in [0.15, 0.2) is 37.2 Å². The van der Waals surface area contributed by atoms with Gasteiger partial charge in [-0.3, -0.25) is 0 Å². The first-order valence-electron chi connectivity index (χ1n) is 11.7. The number of pyridine rings is 1. The van der Waals surface area contributed by atoms with Gasteiger partial charge >= 0.3 is 0 Å². The molecule has 0 unspecified atom stereocenters. The number of piperazine rings is 1. The van der Waals surface area contributed by atoms with Crippen molar-refractivity contribution in [3.63, 3.8) is 0 Å². The first kappa shape index (κ1) is 19.5. The third-order valence-electron chi connectivity index (χ3n) is 7.21. The lowest BCUT2D eigenvalue weighted by atomic mass is 9.80. The summed E-state index contributed by atoms with van der Waals surface area (Å²) in [7, 11) is 0. The Kier molecular flexibility index (Phi) is 4.75. The smallest absolute Gasteiger partial charge is 0.230 e. The number of nitrogens with one attached hydrogen (secondary N) is 3. The number of hydrogen-bond donors (Lipinski definition) is 3. The minimum atomic E-state index is 0.0747. The molecule has 1 saturated heterocycles. The van der Waals surface area contributed by atoms with Gasteiger partial charge in [0.25, 0.3) is 0 Å². The maximum Gasteiger partial charge on any atom is 0.230 e. The van der Waals surface area contributed by atoms with E-state index in [2.05, 4.69) is 54.1 Å². The highest BCUT2D eigenvalue weighted by Gasteiger charge is 2.40. The molecule has 8 nitrogen and oxygen atoms in total. The van der Waals surface area contributed by atoms with Gasteiger partial charge in [-0.15, -0.1) is 0 Å². The van der Waals surface area contributed by atoms with E-state index in [0.29, 0.717) is 5.95 Å². The first-order chi connectivity index (χ1) is 15.7. The van der Waals surface area contributed by atoms with Gasteiger partial charge in [-0.1, -0.05) is 25.8 Å². The van der Waals surface area contributed by atoms with Gasteiger partial charge in [0.15, 0.2) is 0 Å². The number of rotatable bonds is 3. The van der Waals surface area contributed by atoms with Crippen LogP contribution in [-0.4, -0.2) is 52.2 Å². The highest BCUT2D eigenvalue weighted by atomic mass is 15.2. The van der Waals surface area contributed by atoms with E-state index in [4.69, 9.17) is 4.98 Å². The average Bonchev–Trinajstić information content (AvgIpc) is 3.24. The van der Waals surface area contributed by atoms with Crippen LogP contribution in [0.25, 0.3) is 16.7 Å². The Hall–Kier alpha value is -3.13. The quantitative estimate of drug-likeness (QED) is 0.588. The van der Waals surface area contributed by atoms with E-state index in [1.165, 1.54) is 32.1 Å². The van der Waals surface area contributed by atoms with Gasteiger partial charge in [-0.2, -0.15) is 4.98 Å². The molecule has 3 aliphatic rings. The summed E-state index contributed by atoms with van der Waals surface area (Å²) in [6, 6.07) is 6.29. The molecule has 32 heavy (non-hydrogen) atoms. The van der Waals surface area contributed by atoms with Gasteiger partial charge in [-0.05, 0) is 31.0 Å². The molecule has 0 atom stereocenters. The van der Waals surface area contributed by atoms with E-state index in [1.54, 1.807) is 0 Å². The van der Waals surface area contributed by atoms with Gasteiger partial charge in [0.2, 0.25) is 5.95 Å². The molecule has 2 fully saturated rings. The molecule has 6 rings (SSSR count). The number of anilines is 3. The van der Waals surface area contributed by atoms with Crippen LogP contribution in [0, 0.1) is 0 Å². The van der Waals surface area contributed by atoms with Crippen molar-refractivity contribution in [3.8, 4) is 0 Å². The molecule has 2 aliphatic heterocycles. The second kappa shape index (κ2) is 7.78. The third kappa shape index (κ3) is 3.30.